The molecule has 16 heteroatoms. The van der Waals surface area contributed by atoms with Crippen molar-refractivity contribution in [1.82, 2.24) is 44.8 Å². The second kappa shape index (κ2) is 22.1. The second-order valence-electron chi connectivity index (χ2n) is 18.9. The first kappa shape index (κ1) is 42.3. The number of ether oxygens (including phenoxy) is 4. The lowest BCUT2D eigenvalue weighted by atomic mass is 9.84. The van der Waals surface area contributed by atoms with E-state index in [-0.39, 0.29) is 18.0 Å². The minimum atomic E-state index is -2.27. The van der Waals surface area contributed by atoms with Crippen LogP contribution >= 0.6 is 0 Å². The van der Waals surface area contributed by atoms with E-state index in [4.69, 9.17) is 28.0 Å². The van der Waals surface area contributed by atoms with Crippen molar-refractivity contribution in [3.05, 3.63) is 90.8 Å². The first-order valence-electron chi connectivity index (χ1n) is 26.2. The van der Waals surface area contributed by atoms with Crippen molar-refractivity contribution < 1.29 is 23.1 Å². The number of piperazine rings is 1. The predicted molar refractivity (Wildman–Crippen MR) is 264 cm³/mol. The molecule has 3 aliphatic heterocycles. The lowest BCUT2D eigenvalue weighted by molar-refractivity contribution is 0.122. The van der Waals surface area contributed by atoms with Gasteiger partial charge in [-0.3, -0.25) is 9.97 Å². The summed E-state index contributed by atoms with van der Waals surface area (Å²) in [5.74, 6) is 3.53. The molecule has 3 saturated heterocycles. The van der Waals surface area contributed by atoms with Crippen molar-refractivity contribution in [3.63, 3.8) is 0 Å². The lowest BCUT2D eigenvalue weighted by Crippen LogP contribution is -2.45. The zero-order chi connectivity index (χ0) is 48.6. The number of aromatic nitrogens is 8. The Kier molecular flexibility index (Phi) is 13.7. The van der Waals surface area contributed by atoms with Gasteiger partial charge in [-0.2, -0.15) is 0 Å². The fourth-order valence-corrected chi connectivity index (χ4v) is 10.3. The van der Waals surface area contributed by atoms with Gasteiger partial charge in [-0.25, -0.2) is 29.9 Å². The Bertz CT molecular complexity index is 2680. The molecule has 0 amide bonds. The SMILES string of the molecule is CN1CCN(c2nccc(CC3CCC(Oc4cc(N5CCOCC5)cc5nccnc45)CC3)n2)CC1.[2H]C([2H])([2H])c1nccc(CC2CCC(Oc3cc(N4CCOCC4)cc4nccnc34)CC2)n1. The Morgan fingerprint density at radius 2 is 1.01 bits per heavy atom. The van der Waals surface area contributed by atoms with Crippen molar-refractivity contribution in [1.29, 1.82) is 0 Å². The number of fused-ring (bicyclic) bond motifs is 2. The highest BCUT2D eigenvalue weighted by atomic mass is 16.5. The molecule has 5 aliphatic rings. The summed E-state index contributed by atoms with van der Waals surface area (Å²) < 4.78 is 46.8. The van der Waals surface area contributed by atoms with Gasteiger partial charge in [0.25, 0.3) is 0 Å². The molecule has 68 heavy (non-hydrogen) atoms. The highest BCUT2D eigenvalue weighted by Gasteiger charge is 2.27. The quantitative estimate of drug-likeness (QED) is 0.132. The highest BCUT2D eigenvalue weighted by Crippen LogP contribution is 2.37. The van der Waals surface area contributed by atoms with E-state index in [9.17, 15) is 0 Å². The van der Waals surface area contributed by atoms with Crippen molar-refractivity contribution in [2.75, 3.05) is 101 Å². The van der Waals surface area contributed by atoms with Gasteiger partial charge in [-0.1, -0.05) is 0 Å². The fraction of sp³-hybridized carbons (Fsp3) is 0.538. The first-order chi connectivity index (χ1) is 34.7. The molecule has 11 rings (SSSR count). The third kappa shape index (κ3) is 11.7. The summed E-state index contributed by atoms with van der Waals surface area (Å²) >= 11 is 0. The number of hydrogen-bond donors (Lipinski definition) is 0. The van der Waals surface area contributed by atoms with Crippen molar-refractivity contribution in [2.45, 2.75) is 83.3 Å². The van der Waals surface area contributed by atoms with Gasteiger partial charge in [-0.05, 0) is 114 Å². The molecule has 6 aromatic rings. The Balaban J connectivity index is 0.000000165. The Hall–Kier alpha value is -5.84. The maximum atomic E-state index is 7.53. The number of morpholine rings is 2. The molecule has 0 atom stereocenters. The van der Waals surface area contributed by atoms with E-state index in [1.54, 1.807) is 31.0 Å². The summed E-state index contributed by atoms with van der Waals surface area (Å²) in [6.07, 6.45) is 20.7. The third-order valence-corrected chi connectivity index (χ3v) is 14.2. The summed E-state index contributed by atoms with van der Waals surface area (Å²) in [5, 5.41) is 0. The summed E-state index contributed by atoms with van der Waals surface area (Å²) in [4.78, 5) is 45.2. The summed E-state index contributed by atoms with van der Waals surface area (Å²) in [6.45, 7) is 8.26. The Morgan fingerprint density at radius 3 is 1.53 bits per heavy atom. The summed E-state index contributed by atoms with van der Waals surface area (Å²) in [6, 6.07) is 12.3. The van der Waals surface area contributed by atoms with Gasteiger partial charge in [0, 0.05) is 129 Å². The van der Waals surface area contributed by atoms with Gasteiger partial charge in [0.1, 0.15) is 28.4 Å². The average molecular weight is 926 g/mol. The number of aryl methyl sites for hydroxylation is 1. The van der Waals surface area contributed by atoms with Crippen LogP contribution in [0, 0.1) is 18.7 Å². The Morgan fingerprint density at radius 1 is 0.529 bits per heavy atom. The molecule has 0 N–H and O–H groups in total. The van der Waals surface area contributed by atoms with E-state index in [2.05, 4.69) is 91.9 Å². The average Bonchev–Trinajstić information content (AvgIpc) is 3.40. The van der Waals surface area contributed by atoms with Crippen LogP contribution in [0.4, 0.5) is 17.3 Å². The standard InChI is InChI=1S/C28H37N7O2.C24H29N5O2/c1-33-10-12-35(13-11-33)28-31-7-6-22(32-28)18-21-2-4-24(5-3-21)37-26-20-23(34-14-16-36-17-15-34)19-25-27(26)30-9-8-29-25;1-17-25-7-6-19(28-17)14-18-2-4-21(5-3-18)31-23-16-20(29-10-12-30-13-11-29)15-22-24(23)27-9-8-26-22/h6-9,19-21,24H,2-5,10-18H2,1H3;6-9,15-16,18,21H,2-5,10-14H2,1H3/i;1D3. The molecule has 7 heterocycles. The van der Waals surface area contributed by atoms with Crippen molar-refractivity contribution in [2.24, 2.45) is 11.8 Å². The monoisotopic (exact) mass is 926 g/mol. The number of nitrogens with zero attached hydrogens (tertiary/aromatic N) is 12. The molecular weight excluding hydrogens is 857 g/mol. The topological polar surface area (TPSA) is 153 Å². The molecule has 4 aromatic heterocycles. The lowest BCUT2D eigenvalue weighted by Gasteiger charge is -2.33. The van der Waals surface area contributed by atoms with Crippen LogP contribution in [0.15, 0.2) is 73.6 Å². The first-order valence-corrected chi connectivity index (χ1v) is 24.7. The Labute approximate surface area is 404 Å². The van der Waals surface area contributed by atoms with E-state index in [1.165, 1.54) is 0 Å². The molecule has 0 radical (unpaired) electrons. The molecule has 2 aliphatic carbocycles. The van der Waals surface area contributed by atoms with Crippen LogP contribution in [-0.2, 0) is 22.3 Å². The van der Waals surface area contributed by atoms with E-state index in [0.717, 1.165) is 205 Å². The van der Waals surface area contributed by atoms with Crippen LogP contribution < -0.4 is 24.2 Å². The molecule has 16 nitrogen and oxygen atoms in total. The fourth-order valence-electron chi connectivity index (χ4n) is 10.3. The van der Waals surface area contributed by atoms with Gasteiger partial charge in [0.15, 0.2) is 0 Å². The van der Waals surface area contributed by atoms with Gasteiger partial charge in [0.2, 0.25) is 5.95 Å². The number of likely N-dealkylation sites (N-methyl/N-ethyl adjacent to an activating group) is 1. The maximum Gasteiger partial charge on any atom is 0.225 e. The van der Waals surface area contributed by atoms with Crippen LogP contribution in [0.5, 0.6) is 11.5 Å². The minimum absolute atomic E-state index is 0.0739. The largest absolute Gasteiger partial charge is 0.488 e. The van der Waals surface area contributed by atoms with E-state index in [1.807, 2.05) is 12.3 Å². The minimum Gasteiger partial charge on any atom is -0.488 e. The van der Waals surface area contributed by atoms with Crippen LogP contribution in [0.25, 0.3) is 22.1 Å². The van der Waals surface area contributed by atoms with Gasteiger partial charge < -0.3 is 38.5 Å². The molecule has 5 fully saturated rings. The summed E-state index contributed by atoms with van der Waals surface area (Å²) in [7, 11) is 2.17. The molecule has 0 unspecified atom stereocenters. The van der Waals surface area contributed by atoms with Gasteiger partial charge in [-0.15, -0.1) is 0 Å². The van der Waals surface area contributed by atoms with Gasteiger partial charge >= 0.3 is 0 Å². The number of benzene rings is 2. The smallest absolute Gasteiger partial charge is 0.225 e. The molecule has 0 spiro atoms. The number of anilines is 3. The summed E-state index contributed by atoms with van der Waals surface area (Å²) in [5.41, 5.74) is 7.55. The van der Waals surface area contributed by atoms with Crippen LogP contribution in [0.3, 0.4) is 0 Å². The third-order valence-electron chi connectivity index (χ3n) is 14.2. The maximum absolute atomic E-state index is 7.53. The van der Waals surface area contributed by atoms with Crippen molar-refractivity contribution in [3.8, 4) is 11.5 Å². The molecule has 0 bridgehead atoms. The zero-order valence-corrected chi connectivity index (χ0v) is 39.3. The second-order valence-corrected chi connectivity index (χ2v) is 18.9. The van der Waals surface area contributed by atoms with Crippen LogP contribution in [-0.4, -0.2) is 143 Å². The highest BCUT2D eigenvalue weighted by molar-refractivity contribution is 5.86. The molecule has 2 saturated carbocycles. The number of hydrogen-bond acceptors (Lipinski definition) is 16. The van der Waals surface area contributed by atoms with Crippen LogP contribution in [0.2, 0.25) is 0 Å². The van der Waals surface area contributed by atoms with Crippen molar-refractivity contribution >= 4 is 39.4 Å². The normalized spacial score (nSPS) is 23.5. The molecule has 358 valence electrons. The van der Waals surface area contributed by atoms with E-state index in [0.29, 0.717) is 11.8 Å². The van der Waals surface area contributed by atoms with Gasteiger partial charge in [0.05, 0.1) is 49.7 Å². The molecule has 2 aromatic carbocycles. The van der Waals surface area contributed by atoms with Crippen LogP contribution in [0.1, 0.15) is 72.7 Å². The predicted octanol–water partition coefficient (Wildman–Crippen LogP) is 6.93. The van der Waals surface area contributed by atoms with E-state index >= 15 is 0 Å². The van der Waals surface area contributed by atoms with E-state index < -0.39 is 6.85 Å². The zero-order valence-electron chi connectivity index (χ0n) is 42.3. The molecular formula is C52H66N12O4. The number of rotatable bonds is 11.